The van der Waals surface area contributed by atoms with E-state index in [1.54, 1.807) is 18.5 Å². The van der Waals surface area contributed by atoms with Gasteiger partial charge in [-0.2, -0.15) is 0 Å². The quantitative estimate of drug-likeness (QED) is 0.236. The van der Waals surface area contributed by atoms with Gasteiger partial charge in [0.1, 0.15) is 0 Å². The molecule has 0 radical (unpaired) electrons. The molecule has 0 aliphatic rings. The molecule has 0 aromatic heterocycles. The van der Waals surface area contributed by atoms with Crippen LogP contribution in [0.1, 0.15) is 34.1 Å². The average molecular weight is 196 g/mol. The molecule has 1 atom stereocenters. The van der Waals surface area contributed by atoms with E-state index < -0.39 is 0 Å². The topological polar surface area (TPSA) is 23.2 Å². The number of rotatable bonds is 5. The van der Waals surface area contributed by atoms with E-state index in [1.165, 1.54) is 0 Å². The van der Waals surface area contributed by atoms with Crippen molar-refractivity contribution >= 4 is 6.21 Å². The fraction of sp³-hybridized carbons (Fsp3) is 0.583. The first-order chi connectivity index (χ1) is 6.51. The number of nitrogens with zero attached hydrogens (tertiary/aromatic N) is 1. The van der Waals surface area contributed by atoms with Gasteiger partial charge < -0.3 is 0 Å². The Hall–Kier alpha value is -1.05. The van der Waals surface area contributed by atoms with Gasteiger partial charge in [0.2, 0.25) is 12.4 Å². The fourth-order valence-electron chi connectivity index (χ4n) is 0.999. The van der Waals surface area contributed by atoms with E-state index in [4.69, 9.17) is 0 Å². The second kappa shape index (κ2) is 6.41. The van der Waals surface area contributed by atoms with Gasteiger partial charge in [-0.05, 0) is 17.1 Å². The number of hydroxylamine groups is 1. The van der Waals surface area contributed by atoms with Crippen LogP contribution in [-0.2, 0) is 0 Å². The van der Waals surface area contributed by atoms with Crippen LogP contribution in [0.4, 0.5) is 0 Å². The Labute approximate surface area is 87.2 Å². The summed E-state index contributed by atoms with van der Waals surface area (Å²) >= 11 is 0. The van der Waals surface area contributed by atoms with Crippen molar-refractivity contribution in [2.24, 2.45) is 11.8 Å². The zero-order valence-electron chi connectivity index (χ0n) is 9.70. The molecule has 0 saturated carbocycles. The average Bonchev–Trinajstić information content (AvgIpc) is 2.13. The Bertz CT molecular complexity index is 239. The van der Waals surface area contributed by atoms with Crippen molar-refractivity contribution in [3.8, 4) is 0 Å². The lowest BCUT2D eigenvalue weighted by Crippen LogP contribution is -2.08. The maximum Gasteiger partial charge on any atom is 0.225 e. The van der Waals surface area contributed by atoms with Crippen LogP contribution in [0.3, 0.4) is 0 Å². The van der Waals surface area contributed by atoms with Crippen LogP contribution in [-0.4, -0.2) is 16.2 Å². The maximum absolute atomic E-state index is 9.55. The van der Waals surface area contributed by atoms with Crippen LogP contribution < -0.4 is 0 Å². The van der Waals surface area contributed by atoms with E-state index in [-0.39, 0.29) is 0 Å². The maximum atomic E-state index is 9.55. The summed E-state index contributed by atoms with van der Waals surface area (Å²) in [5, 5.41) is 9.55. The van der Waals surface area contributed by atoms with Crippen LogP contribution in [0.2, 0.25) is 0 Å². The molecule has 0 aliphatic carbocycles. The molecule has 0 rings (SSSR count). The normalized spacial score (nSPS) is 15.8. The standard InChI is InChI=1S/C12H22NO/c1-6-11(5)8-13(14)9-12(7-2)10(3)4/h7-11,14H,2,6H2,1,3-5H3/q+1/b12-9+,13-8+. The Morgan fingerprint density at radius 3 is 2.36 bits per heavy atom. The van der Waals surface area contributed by atoms with Crippen molar-refractivity contribution in [3.63, 3.8) is 0 Å². The van der Waals surface area contributed by atoms with Gasteiger partial charge in [0.15, 0.2) is 0 Å². The summed E-state index contributed by atoms with van der Waals surface area (Å²) in [6.45, 7) is 12.0. The highest BCUT2D eigenvalue weighted by atomic mass is 16.5. The van der Waals surface area contributed by atoms with Crippen molar-refractivity contribution in [1.82, 2.24) is 0 Å². The lowest BCUT2D eigenvalue weighted by Gasteiger charge is -2.01. The summed E-state index contributed by atoms with van der Waals surface area (Å²) in [6.07, 6.45) is 6.31. The van der Waals surface area contributed by atoms with Gasteiger partial charge in [0.25, 0.3) is 0 Å². The van der Waals surface area contributed by atoms with Gasteiger partial charge in [-0.1, -0.05) is 40.3 Å². The molecule has 0 saturated heterocycles. The molecule has 2 heteroatoms. The molecule has 2 nitrogen and oxygen atoms in total. The lowest BCUT2D eigenvalue weighted by atomic mass is 10.1. The van der Waals surface area contributed by atoms with Crippen LogP contribution >= 0.6 is 0 Å². The van der Waals surface area contributed by atoms with Crippen molar-refractivity contribution in [2.75, 3.05) is 0 Å². The molecule has 0 aromatic carbocycles. The second-order valence-corrected chi connectivity index (χ2v) is 3.90. The van der Waals surface area contributed by atoms with Gasteiger partial charge in [0.05, 0.1) is 0 Å². The Morgan fingerprint density at radius 1 is 1.43 bits per heavy atom. The molecule has 1 N–H and O–H groups in total. The van der Waals surface area contributed by atoms with Gasteiger partial charge in [-0.15, -0.1) is 0 Å². The molecule has 0 bridgehead atoms. The van der Waals surface area contributed by atoms with Crippen LogP contribution in [0.5, 0.6) is 0 Å². The summed E-state index contributed by atoms with van der Waals surface area (Å²) in [6, 6.07) is 0. The smallest absolute Gasteiger partial charge is 0.225 e. The minimum absolute atomic E-state index is 0.382. The zero-order chi connectivity index (χ0) is 11.1. The van der Waals surface area contributed by atoms with Crippen molar-refractivity contribution in [1.29, 1.82) is 0 Å². The highest BCUT2D eigenvalue weighted by molar-refractivity contribution is 5.54. The summed E-state index contributed by atoms with van der Waals surface area (Å²) in [7, 11) is 0. The minimum atomic E-state index is 0.382. The summed E-state index contributed by atoms with van der Waals surface area (Å²) in [4.78, 5) is 0. The monoisotopic (exact) mass is 196 g/mol. The molecule has 0 heterocycles. The number of hydrogen-bond donors (Lipinski definition) is 1. The van der Waals surface area contributed by atoms with Crippen LogP contribution in [0, 0.1) is 11.8 Å². The van der Waals surface area contributed by atoms with Crippen molar-refractivity contribution in [2.45, 2.75) is 34.1 Å². The van der Waals surface area contributed by atoms with E-state index in [9.17, 15) is 5.21 Å². The van der Waals surface area contributed by atoms with E-state index in [0.717, 1.165) is 16.7 Å². The zero-order valence-corrected chi connectivity index (χ0v) is 9.70. The summed E-state index contributed by atoms with van der Waals surface area (Å²) in [5.41, 5.74) is 1.03. The molecule has 80 valence electrons. The van der Waals surface area contributed by atoms with E-state index in [0.29, 0.717) is 11.8 Å². The molecule has 0 aromatic rings. The third-order valence-corrected chi connectivity index (χ3v) is 2.23. The lowest BCUT2D eigenvalue weighted by molar-refractivity contribution is -0.723. The van der Waals surface area contributed by atoms with Crippen molar-refractivity contribution in [3.05, 3.63) is 24.4 Å². The predicted octanol–water partition coefficient (Wildman–Crippen LogP) is 3.23. The van der Waals surface area contributed by atoms with E-state index in [1.807, 2.05) is 0 Å². The van der Waals surface area contributed by atoms with Crippen molar-refractivity contribution < 1.29 is 9.95 Å². The summed E-state index contributed by atoms with van der Waals surface area (Å²) in [5.74, 6) is 0.766. The predicted molar refractivity (Wildman–Crippen MR) is 60.7 cm³/mol. The Balaban J connectivity index is 4.61. The molecule has 1 unspecified atom stereocenters. The van der Waals surface area contributed by atoms with Gasteiger partial charge in [-0.25, -0.2) is 0 Å². The van der Waals surface area contributed by atoms with Crippen LogP contribution in [0.25, 0.3) is 0 Å². The SMILES string of the molecule is C=C/C(=C\[N+](O)=C/C(C)CC)C(C)C. The molecule has 0 aliphatic heterocycles. The van der Waals surface area contributed by atoms with E-state index >= 15 is 0 Å². The highest BCUT2D eigenvalue weighted by Gasteiger charge is 2.06. The largest absolute Gasteiger partial charge is 0.286 e. The summed E-state index contributed by atoms with van der Waals surface area (Å²) < 4.78 is 1.14. The Kier molecular flexibility index (Phi) is 5.93. The van der Waals surface area contributed by atoms with Gasteiger partial charge in [-0.3, -0.25) is 5.21 Å². The first-order valence-corrected chi connectivity index (χ1v) is 5.17. The molecular weight excluding hydrogens is 174 g/mol. The minimum Gasteiger partial charge on any atom is -0.286 e. The number of allylic oxidation sites excluding steroid dienone is 2. The Morgan fingerprint density at radius 2 is 2.00 bits per heavy atom. The second-order valence-electron chi connectivity index (χ2n) is 3.90. The first-order valence-electron chi connectivity index (χ1n) is 5.17. The fourth-order valence-corrected chi connectivity index (χ4v) is 0.999. The highest BCUT2D eigenvalue weighted by Crippen LogP contribution is 2.09. The molecule has 14 heavy (non-hydrogen) atoms. The molecule has 0 amide bonds. The first kappa shape index (κ1) is 12.9. The molecular formula is C12H22NO+. The third kappa shape index (κ3) is 4.85. The van der Waals surface area contributed by atoms with E-state index in [2.05, 4.69) is 34.3 Å². The molecule has 0 fully saturated rings. The van der Waals surface area contributed by atoms with Gasteiger partial charge in [0, 0.05) is 11.5 Å². The molecule has 0 spiro atoms. The third-order valence-electron chi connectivity index (χ3n) is 2.23. The number of hydrogen-bond acceptors (Lipinski definition) is 1. The van der Waals surface area contributed by atoms with Gasteiger partial charge >= 0.3 is 0 Å². The van der Waals surface area contributed by atoms with Crippen LogP contribution in [0.15, 0.2) is 24.4 Å².